The maximum absolute atomic E-state index is 11.6. The Labute approximate surface area is 168 Å². The van der Waals surface area contributed by atoms with E-state index in [9.17, 15) is 4.79 Å². The maximum Gasteiger partial charge on any atom is 0.222 e. The summed E-state index contributed by atoms with van der Waals surface area (Å²) in [6.45, 7) is 13.0. The van der Waals surface area contributed by atoms with Gasteiger partial charge in [0.1, 0.15) is 0 Å². The molecule has 7 heteroatoms. The summed E-state index contributed by atoms with van der Waals surface area (Å²) in [5.41, 5.74) is 2.55. The molecule has 1 heterocycles. The first-order chi connectivity index (χ1) is 13.6. The number of rotatable bonds is 9. The summed E-state index contributed by atoms with van der Waals surface area (Å²) >= 11 is 0. The Balaban J connectivity index is 1.89. The quantitative estimate of drug-likeness (QED) is 0.338. The molecule has 1 amide bonds. The minimum absolute atomic E-state index is 0.00451. The number of nitrogens with zero attached hydrogens (tertiary/aromatic N) is 2. The number of carbonyl (C=O) groups is 1. The Hall–Kier alpha value is -2.12. The van der Waals surface area contributed by atoms with Gasteiger partial charge in [0.05, 0.1) is 19.8 Å². The number of hydrogen-bond donors (Lipinski definition) is 3. The third-order valence-electron chi connectivity index (χ3n) is 4.61. The first-order valence-electron chi connectivity index (χ1n) is 10.3. The van der Waals surface area contributed by atoms with Gasteiger partial charge in [0.15, 0.2) is 5.96 Å². The fourth-order valence-corrected chi connectivity index (χ4v) is 2.94. The average molecular weight is 390 g/mol. The highest BCUT2D eigenvalue weighted by molar-refractivity contribution is 5.80. The van der Waals surface area contributed by atoms with Gasteiger partial charge < -0.3 is 20.7 Å². The van der Waals surface area contributed by atoms with Crippen LogP contribution in [0.3, 0.4) is 0 Å². The van der Waals surface area contributed by atoms with E-state index in [-0.39, 0.29) is 11.8 Å². The molecule has 3 N–H and O–H groups in total. The van der Waals surface area contributed by atoms with Crippen molar-refractivity contribution in [1.29, 1.82) is 0 Å². The zero-order valence-corrected chi connectivity index (χ0v) is 17.5. The van der Waals surface area contributed by atoms with Crippen molar-refractivity contribution >= 4 is 11.9 Å². The van der Waals surface area contributed by atoms with Crippen LogP contribution in [0.15, 0.2) is 29.3 Å². The summed E-state index contributed by atoms with van der Waals surface area (Å²) in [6.07, 6.45) is 0. The molecule has 0 atom stereocenters. The Morgan fingerprint density at radius 2 is 1.79 bits per heavy atom. The number of ether oxygens (including phenoxy) is 1. The van der Waals surface area contributed by atoms with Gasteiger partial charge >= 0.3 is 0 Å². The number of carbonyl (C=O) groups excluding carboxylic acids is 1. The van der Waals surface area contributed by atoms with Crippen molar-refractivity contribution in [3.05, 3.63) is 35.4 Å². The van der Waals surface area contributed by atoms with Gasteiger partial charge in [-0.15, -0.1) is 0 Å². The van der Waals surface area contributed by atoms with Crippen molar-refractivity contribution in [2.75, 3.05) is 45.9 Å². The number of aliphatic imine (C=N–C) groups is 1. The van der Waals surface area contributed by atoms with Crippen LogP contribution in [0.5, 0.6) is 0 Å². The van der Waals surface area contributed by atoms with Crippen molar-refractivity contribution in [2.45, 2.75) is 33.9 Å². The monoisotopic (exact) mass is 389 g/mol. The number of hydrogen-bond acceptors (Lipinski definition) is 4. The molecule has 0 spiro atoms. The topological polar surface area (TPSA) is 78.0 Å². The standard InChI is InChI=1S/C21H35N5O2/c1-4-22-21(24-10-9-23-20(27)17(2)3)25-15-18-7-5-6-8-19(18)16-26-11-13-28-14-12-26/h5-8,17H,4,9-16H2,1-3H3,(H,23,27)(H2,22,24,25). The van der Waals surface area contributed by atoms with Crippen molar-refractivity contribution in [3.63, 3.8) is 0 Å². The molecule has 0 radical (unpaired) electrons. The van der Waals surface area contributed by atoms with E-state index in [1.807, 2.05) is 20.8 Å². The molecule has 2 rings (SSSR count). The minimum Gasteiger partial charge on any atom is -0.379 e. The van der Waals surface area contributed by atoms with E-state index in [4.69, 9.17) is 9.73 Å². The largest absolute Gasteiger partial charge is 0.379 e. The highest BCUT2D eigenvalue weighted by atomic mass is 16.5. The molecule has 1 aromatic carbocycles. The molecule has 1 fully saturated rings. The minimum atomic E-state index is 0.00451. The predicted molar refractivity (Wildman–Crippen MR) is 113 cm³/mol. The molecule has 7 nitrogen and oxygen atoms in total. The summed E-state index contributed by atoms with van der Waals surface area (Å²) in [6, 6.07) is 8.48. The zero-order chi connectivity index (χ0) is 20.2. The molecule has 1 aromatic rings. The first-order valence-corrected chi connectivity index (χ1v) is 10.3. The lowest BCUT2D eigenvalue weighted by atomic mass is 10.1. The normalized spacial score (nSPS) is 15.5. The summed E-state index contributed by atoms with van der Waals surface area (Å²) in [5.74, 6) is 0.841. The Morgan fingerprint density at radius 3 is 2.46 bits per heavy atom. The Kier molecular flexibility index (Phi) is 9.79. The van der Waals surface area contributed by atoms with Crippen LogP contribution in [-0.2, 0) is 22.6 Å². The van der Waals surface area contributed by atoms with Gasteiger partial charge in [-0.25, -0.2) is 4.99 Å². The smallest absolute Gasteiger partial charge is 0.222 e. The highest BCUT2D eigenvalue weighted by Gasteiger charge is 2.12. The van der Waals surface area contributed by atoms with Crippen LogP contribution >= 0.6 is 0 Å². The predicted octanol–water partition coefficient (Wildman–Crippen LogP) is 1.35. The fraction of sp³-hybridized carbons (Fsp3) is 0.619. The molecule has 0 aromatic heterocycles. The third-order valence-corrected chi connectivity index (χ3v) is 4.61. The lowest BCUT2D eigenvalue weighted by Gasteiger charge is -2.27. The lowest BCUT2D eigenvalue weighted by molar-refractivity contribution is -0.123. The number of benzene rings is 1. The molecule has 0 unspecified atom stereocenters. The van der Waals surface area contributed by atoms with E-state index in [0.29, 0.717) is 19.6 Å². The number of nitrogens with one attached hydrogen (secondary N) is 3. The van der Waals surface area contributed by atoms with Gasteiger partial charge in [-0.2, -0.15) is 0 Å². The molecule has 0 saturated carbocycles. The second-order valence-corrected chi connectivity index (χ2v) is 7.22. The van der Waals surface area contributed by atoms with Gasteiger partial charge in [0.25, 0.3) is 0 Å². The second-order valence-electron chi connectivity index (χ2n) is 7.22. The van der Waals surface area contributed by atoms with Crippen LogP contribution in [0, 0.1) is 5.92 Å². The molecular formula is C21H35N5O2. The van der Waals surface area contributed by atoms with Crippen molar-refractivity contribution < 1.29 is 9.53 Å². The van der Waals surface area contributed by atoms with Crippen LogP contribution in [0.4, 0.5) is 0 Å². The van der Waals surface area contributed by atoms with Gasteiger partial charge in [-0.1, -0.05) is 38.1 Å². The van der Waals surface area contributed by atoms with Crippen LogP contribution in [0.2, 0.25) is 0 Å². The lowest BCUT2D eigenvalue weighted by Crippen LogP contribution is -2.42. The molecule has 156 valence electrons. The fourth-order valence-electron chi connectivity index (χ4n) is 2.94. The van der Waals surface area contributed by atoms with E-state index in [0.717, 1.165) is 45.4 Å². The number of guanidine groups is 1. The molecule has 0 aliphatic carbocycles. The SMILES string of the molecule is CCNC(=NCc1ccccc1CN1CCOCC1)NCCNC(=O)C(C)C. The van der Waals surface area contributed by atoms with Crippen LogP contribution < -0.4 is 16.0 Å². The summed E-state index contributed by atoms with van der Waals surface area (Å²) in [5, 5.41) is 9.46. The third kappa shape index (κ3) is 7.86. The number of morpholine rings is 1. The van der Waals surface area contributed by atoms with E-state index >= 15 is 0 Å². The van der Waals surface area contributed by atoms with Crippen molar-refractivity contribution in [1.82, 2.24) is 20.9 Å². The van der Waals surface area contributed by atoms with Gasteiger partial charge in [-0.3, -0.25) is 9.69 Å². The van der Waals surface area contributed by atoms with E-state index in [2.05, 4.69) is 45.1 Å². The summed E-state index contributed by atoms with van der Waals surface area (Å²) in [7, 11) is 0. The molecule has 1 saturated heterocycles. The van der Waals surface area contributed by atoms with E-state index in [1.54, 1.807) is 0 Å². The Morgan fingerprint density at radius 1 is 1.11 bits per heavy atom. The summed E-state index contributed by atoms with van der Waals surface area (Å²) in [4.78, 5) is 18.8. The van der Waals surface area contributed by atoms with Gasteiger partial charge in [0.2, 0.25) is 5.91 Å². The van der Waals surface area contributed by atoms with Crippen LogP contribution in [0.1, 0.15) is 31.9 Å². The molecule has 0 bridgehead atoms. The van der Waals surface area contributed by atoms with E-state index in [1.165, 1.54) is 11.1 Å². The molecule has 1 aliphatic rings. The molecule has 1 aliphatic heterocycles. The Bertz CT molecular complexity index is 627. The van der Waals surface area contributed by atoms with Crippen molar-refractivity contribution in [3.8, 4) is 0 Å². The van der Waals surface area contributed by atoms with Crippen LogP contribution in [-0.4, -0.2) is 62.7 Å². The zero-order valence-electron chi connectivity index (χ0n) is 17.5. The average Bonchev–Trinajstić information content (AvgIpc) is 2.70. The van der Waals surface area contributed by atoms with Gasteiger partial charge in [-0.05, 0) is 18.1 Å². The van der Waals surface area contributed by atoms with Gasteiger partial charge in [0, 0.05) is 45.2 Å². The molecular weight excluding hydrogens is 354 g/mol. The van der Waals surface area contributed by atoms with E-state index < -0.39 is 0 Å². The molecule has 28 heavy (non-hydrogen) atoms. The summed E-state index contributed by atoms with van der Waals surface area (Å²) < 4.78 is 5.44. The van der Waals surface area contributed by atoms with Crippen molar-refractivity contribution in [2.24, 2.45) is 10.9 Å². The number of amides is 1. The second kappa shape index (κ2) is 12.4. The maximum atomic E-state index is 11.6. The van der Waals surface area contributed by atoms with Crippen LogP contribution in [0.25, 0.3) is 0 Å². The highest BCUT2D eigenvalue weighted by Crippen LogP contribution is 2.14. The first kappa shape index (κ1) is 22.2.